The van der Waals surface area contributed by atoms with E-state index in [1.54, 1.807) is 6.07 Å². The fraction of sp³-hybridized carbons (Fsp3) is 0.545. The van der Waals surface area contributed by atoms with E-state index in [0.29, 0.717) is 5.75 Å². The van der Waals surface area contributed by atoms with E-state index in [0.717, 1.165) is 48.1 Å². The Morgan fingerprint density at radius 1 is 1.07 bits per heavy atom. The first kappa shape index (κ1) is 18.3. The van der Waals surface area contributed by atoms with Gasteiger partial charge in [-0.15, -0.1) is 0 Å². The standard InChI is InChI=1S/C22H26N4O3/c1-13-3-4-18(5-14(13)2)29-21-19(26(27)28)20(23-12-24-21)25-22-9-15-6-16(10-22)8-17(7-15)11-22/h3-5,12,15-17H,6-11H2,1-2H3,(H,23,24,25). The largest absolute Gasteiger partial charge is 0.434 e. The van der Waals surface area contributed by atoms with Gasteiger partial charge in [0.15, 0.2) is 0 Å². The molecule has 0 amide bonds. The van der Waals surface area contributed by atoms with E-state index in [9.17, 15) is 10.1 Å². The van der Waals surface area contributed by atoms with Crippen molar-refractivity contribution in [3.63, 3.8) is 0 Å². The van der Waals surface area contributed by atoms with Crippen molar-refractivity contribution in [2.24, 2.45) is 17.8 Å². The number of benzene rings is 1. The Labute approximate surface area is 170 Å². The summed E-state index contributed by atoms with van der Waals surface area (Å²) in [4.78, 5) is 19.9. The van der Waals surface area contributed by atoms with Crippen LogP contribution in [0.25, 0.3) is 0 Å². The van der Waals surface area contributed by atoms with Gasteiger partial charge in [0.25, 0.3) is 0 Å². The highest BCUT2D eigenvalue weighted by Crippen LogP contribution is 2.57. The van der Waals surface area contributed by atoms with Gasteiger partial charge in [-0.3, -0.25) is 10.1 Å². The van der Waals surface area contributed by atoms with Gasteiger partial charge in [0, 0.05) is 5.54 Å². The lowest BCUT2D eigenvalue weighted by Crippen LogP contribution is -2.55. The molecule has 1 heterocycles. The van der Waals surface area contributed by atoms with Crippen LogP contribution in [0.5, 0.6) is 11.6 Å². The minimum atomic E-state index is -0.431. The Balaban J connectivity index is 1.47. The molecule has 4 aliphatic carbocycles. The van der Waals surface area contributed by atoms with Gasteiger partial charge >= 0.3 is 11.6 Å². The minimum absolute atomic E-state index is 0.0134. The summed E-state index contributed by atoms with van der Waals surface area (Å²) in [5.41, 5.74) is 1.94. The molecule has 0 saturated heterocycles. The summed E-state index contributed by atoms with van der Waals surface area (Å²) in [6.45, 7) is 4.00. The summed E-state index contributed by atoms with van der Waals surface area (Å²) >= 11 is 0. The van der Waals surface area contributed by atoms with Crippen LogP contribution >= 0.6 is 0 Å². The minimum Gasteiger partial charge on any atom is -0.434 e. The number of aryl methyl sites for hydroxylation is 2. The van der Waals surface area contributed by atoms with Crippen LogP contribution in [0.15, 0.2) is 24.5 Å². The first-order valence-corrected chi connectivity index (χ1v) is 10.4. The molecular formula is C22H26N4O3. The molecule has 2 aromatic rings. The van der Waals surface area contributed by atoms with Crippen LogP contribution in [0, 0.1) is 41.7 Å². The molecular weight excluding hydrogens is 368 g/mol. The Morgan fingerprint density at radius 2 is 1.72 bits per heavy atom. The predicted octanol–water partition coefficient (Wildman–Crippen LogP) is 5.17. The molecule has 4 bridgehead atoms. The third-order valence-corrected chi connectivity index (χ3v) is 7.09. The zero-order chi connectivity index (χ0) is 20.2. The van der Waals surface area contributed by atoms with Gasteiger partial charge in [-0.2, -0.15) is 4.98 Å². The van der Waals surface area contributed by atoms with Crippen molar-refractivity contribution < 1.29 is 9.66 Å². The van der Waals surface area contributed by atoms with E-state index >= 15 is 0 Å². The van der Waals surface area contributed by atoms with Crippen molar-refractivity contribution in [1.82, 2.24) is 9.97 Å². The molecule has 7 nitrogen and oxygen atoms in total. The van der Waals surface area contributed by atoms with Crippen molar-refractivity contribution in [3.05, 3.63) is 45.8 Å². The monoisotopic (exact) mass is 394 g/mol. The van der Waals surface area contributed by atoms with Gasteiger partial charge in [0.1, 0.15) is 12.1 Å². The molecule has 7 heteroatoms. The van der Waals surface area contributed by atoms with Crippen LogP contribution in [0.4, 0.5) is 11.5 Å². The van der Waals surface area contributed by atoms with E-state index < -0.39 is 4.92 Å². The molecule has 0 radical (unpaired) electrons. The first-order valence-electron chi connectivity index (χ1n) is 10.4. The van der Waals surface area contributed by atoms with Gasteiger partial charge in [-0.25, -0.2) is 4.98 Å². The molecule has 1 aromatic heterocycles. The Kier molecular flexibility index (Phi) is 4.22. The molecule has 0 spiro atoms. The maximum Gasteiger partial charge on any atom is 0.373 e. The number of hydrogen-bond donors (Lipinski definition) is 1. The second-order valence-electron chi connectivity index (χ2n) is 9.30. The number of nitrogens with zero attached hydrogens (tertiary/aromatic N) is 3. The zero-order valence-electron chi connectivity index (χ0n) is 16.9. The molecule has 152 valence electrons. The summed E-state index contributed by atoms with van der Waals surface area (Å²) < 4.78 is 5.84. The number of rotatable bonds is 5. The summed E-state index contributed by atoms with van der Waals surface area (Å²) in [6.07, 6.45) is 8.52. The molecule has 0 unspecified atom stereocenters. The van der Waals surface area contributed by atoms with Gasteiger partial charge < -0.3 is 10.1 Å². The lowest BCUT2D eigenvalue weighted by atomic mass is 9.53. The highest BCUT2D eigenvalue weighted by molar-refractivity contribution is 5.63. The first-order chi connectivity index (χ1) is 13.9. The average Bonchev–Trinajstić information content (AvgIpc) is 2.63. The van der Waals surface area contributed by atoms with Crippen LogP contribution in [0.2, 0.25) is 0 Å². The Bertz CT molecular complexity index is 939. The van der Waals surface area contributed by atoms with Crippen molar-refractivity contribution in [2.45, 2.75) is 57.9 Å². The fourth-order valence-corrected chi connectivity index (χ4v) is 6.10. The van der Waals surface area contributed by atoms with Gasteiger partial charge in [0.05, 0.1) is 4.92 Å². The highest BCUT2D eigenvalue weighted by atomic mass is 16.6. The molecule has 4 fully saturated rings. The predicted molar refractivity (Wildman–Crippen MR) is 109 cm³/mol. The lowest BCUT2D eigenvalue weighted by molar-refractivity contribution is -0.385. The maximum atomic E-state index is 11.9. The highest BCUT2D eigenvalue weighted by Gasteiger charge is 2.51. The fourth-order valence-electron chi connectivity index (χ4n) is 6.10. The van der Waals surface area contributed by atoms with Crippen LogP contribution in [0.1, 0.15) is 49.7 Å². The van der Waals surface area contributed by atoms with Crippen LogP contribution in [0.3, 0.4) is 0 Å². The summed E-state index contributed by atoms with van der Waals surface area (Å²) in [5, 5.41) is 15.5. The van der Waals surface area contributed by atoms with Crippen molar-refractivity contribution >= 4 is 11.5 Å². The number of hydrogen-bond acceptors (Lipinski definition) is 6. The smallest absolute Gasteiger partial charge is 0.373 e. The summed E-state index contributed by atoms with van der Waals surface area (Å²) in [5.74, 6) is 3.02. The van der Waals surface area contributed by atoms with Crippen LogP contribution in [-0.4, -0.2) is 20.4 Å². The molecule has 1 aromatic carbocycles. The summed E-state index contributed by atoms with van der Waals surface area (Å²) in [7, 11) is 0. The third kappa shape index (κ3) is 3.32. The average molecular weight is 394 g/mol. The number of ether oxygens (including phenoxy) is 1. The normalized spacial score (nSPS) is 29.7. The molecule has 4 saturated carbocycles. The van der Waals surface area contributed by atoms with E-state index in [-0.39, 0.29) is 22.9 Å². The Morgan fingerprint density at radius 3 is 2.31 bits per heavy atom. The number of aromatic nitrogens is 2. The van der Waals surface area contributed by atoms with Crippen LogP contribution in [-0.2, 0) is 0 Å². The zero-order valence-corrected chi connectivity index (χ0v) is 16.9. The molecule has 6 rings (SSSR count). The van der Waals surface area contributed by atoms with E-state index in [4.69, 9.17) is 4.74 Å². The van der Waals surface area contributed by atoms with Gasteiger partial charge in [0.2, 0.25) is 5.82 Å². The molecule has 0 aliphatic heterocycles. The SMILES string of the molecule is Cc1ccc(Oc2ncnc(NC34CC5CC(CC(C5)C3)C4)c2[N+](=O)[O-])cc1C. The van der Waals surface area contributed by atoms with Crippen molar-refractivity contribution in [1.29, 1.82) is 0 Å². The molecule has 4 aliphatic rings. The van der Waals surface area contributed by atoms with Gasteiger partial charge in [-0.1, -0.05) is 6.07 Å². The number of nitro groups is 1. The number of anilines is 1. The van der Waals surface area contributed by atoms with Crippen molar-refractivity contribution in [3.8, 4) is 11.6 Å². The second-order valence-corrected chi connectivity index (χ2v) is 9.30. The van der Waals surface area contributed by atoms with E-state index in [1.807, 2.05) is 26.0 Å². The topological polar surface area (TPSA) is 90.2 Å². The van der Waals surface area contributed by atoms with Crippen molar-refractivity contribution in [2.75, 3.05) is 5.32 Å². The maximum absolute atomic E-state index is 11.9. The molecule has 0 atom stereocenters. The third-order valence-electron chi connectivity index (χ3n) is 7.09. The quantitative estimate of drug-likeness (QED) is 0.555. The van der Waals surface area contributed by atoms with E-state index in [2.05, 4.69) is 15.3 Å². The Hall–Kier alpha value is -2.70. The number of nitrogens with one attached hydrogen (secondary N) is 1. The second kappa shape index (κ2) is 6.68. The van der Waals surface area contributed by atoms with E-state index in [1.165, 1.54) is 25.6 Å². The lowest BCUT2D eigenvalue weighted by Gasteiger charge is -2.57. The van der Waals surface area contributed by atoms with Crippen LogP contribution < -0.4 is 10.1 Å². The van der Waals surface area contributed by atoms with Gasteiger partial charge in [-0.05, 0) is 93.4 Å². The summed E-state index contributed by atoms with van der Waals surface area (Å²) in [6, 6.07) is 5.61. The molecule has 29 heavy (non-hydrogen) atoms. The molecule has 1 N–H and O–H groups in total.